The van der Waals surface area contributed by atoms with Gasteiger partial charge in [-0.05, 0) is 56.0 Å². The van der Waals surface area contributed by atoms with Gasteiger partial charge < -0.3 is 20.0 Å². The van der Waals surface area contributed by atoms with Gasteiger partial charge in [-0.15, -0.1) is 0 Å². The first-order valence-electron chi connectivity index (χ1n) is 9.75. The van der Waals surface area contributed by atoms with Gasteiger partial charge in [0.15, 0.2) is 0 Å². The highest BCUT2D eigenvalue weighted by Gasteiger charge is 2.37. The predicted octanol–water partition coefficient (Wildman–Crippen LogP) is 1.26. The summed E-state index contributed by atoms with van der Waals surface area (Å²) >= 11 is 0. The van der Waals surface area contributed by atoms with Crippen molar-refractivity contribution in [3.63, 3.8) is 0 Å². The highest BCUT2D eigenvalue weighted by Crippen LogP contribution is 2.30. The number of hydrogen-bond acceptors (Lipinski definition) is 5. The fourth-order valence-electron chi connectivity index (χ4n) is 4.49. The van der Waals surface area contributed by atoms with Crippen LogP contribution in [-0.4, -0.2) is 85.6 Å². The van der Waals surface area contributed by atoms with Gasteiger partial charge in [-0.3, -0.25) is 4.90 Å². The molecule has 5 nitrogen and oxygen atoms in total. The van der Waals surface area contributed by atoms with E-state index in [1.54, 1.807) is 0 Å². The van der Waals surface area contributed by atoms with Crippen LogP contribution in [-0.2, 0) is 0 Å². The van der Waals surface area contributed by atoms with Gasteiger partial charge in [-0.2, -0.15) is 0 Å². The maximum atomic E-state index is 13.1. The summed E-state index contributed by atoms with van der Waals surface area (Å²) < 4.78 is 13.1. The van der Waals surface area contributed by atoms with E-state index in [9.17, 15) is 9.50 Å². The summed E-state index contributed by atoms with van der Waals surface area (Å²) in [4.78, 5) is 7.05. The molecule has 2 saturated heterocycles. The second kappa shape index (κ2) is 9.13. The Balaban J connectivity index is 1.52. The van der Waals surface area contributed by atoms with Crippen molar-refractivity contribution in [2.75, 3.05) is 64.4 Å². The molecule has 26 heavy (non-hydrogen) atoms. The summed E-state index contributed by atoms with van der Waals surface area (Å²) in [6.45, 7) is 6.01. The van der Waals surface area contributed by atoms with E-state index < -0.39 is 0 Å². The third-order valence-electron chi connectivity index (χ3n) is 6.04. The quantitative estimate of drug-likeness (QED) is 0.762. The van der Waals surface area contributed by atoms with E-state index in [1.165, 1.54) is 12.1 Å². The van der Waals surface area contributed by atoms with Crippen LogP contribution in [0.3, 0.4) is 0 Å². The van der Waals surface area contributed by atoms with E-state index in [0.717, 1.165) is 51.3 Å². The minimum atomic E-state index is -0.187. The monoisotopic (exact) mass is 365 g/mol. The number of piperidine rings is 1. The molecule has 0 spiro atoms. The van der Waals surface area contributed by atoms with Crippen LogP contribution in [0.4, 0.5) is 10.1 Å². The Morgan fingerprint density at radius 3 is 2.35 bits per heavy atom. The summed E-state index contributed by atoms with van der Waals surface area (Å²) in [5.41, 5.74) is 1.10. The molecule has 2 atom stereocenters. The zero-order chi connectivity index (χ0) is 18.5. The highest BCUT2D eigenvalue weighted by molar-refractivity contribution is 5.46. The molecule has 2 aliphatic heterocycles. The number of halogens is 1. The second-order valence-corrected chi connectivity index (χ2v) is 7.84. The molecule has 0 amide bonds. The fourth-order valence-corrected chi connectivity index (χ4v) is 4.49. The van der Waals surface area contributed by atoms with Gasteiger partial charge in [0, 0.05) is 57.6 Å². The first kappa shape index (κ1) is 19.5. The van der Waals surface area contributed by atoms with Crippen LogP contribution in [0.1, 0.15) is 12.8 Å². The molecule has 0 aliphatic carbocycles. The molecule has 0 saturated carbocycles. The summed E-state index contributed by atoms with van der Waals surface area (Å²) in [6, 6.07) is 7.34. The Bertz CT molecular complexity index is 548. The maximum Gasteiger partial charge on any atom is 0.123 e. The fraction of sp³-hybridized carbons (Fsp3) is 0.700. The molecule has 146 valence electrons. The zero-order valence-electron chi connectivity index (χ0n) is 15.7. The lowest BCUT2D eigenvalue weighted by molar-refractivity contribution is 0.160. The number of aliphatic hydroxyl groups is 2. The van der Waals surface area contributed by atoms with E-state index in [2.05, 4.69) is 14.7 Å². The molecule has 6 heteroatoms. The Labute approximate surface area is 156 Å². The Morgan fingerprint density at radius 2 is 1.73 bits per heavy atom. The van der Waals surface area contributed by atoms with Crippen LogP contribution in [0.15, 0.2) is 24.3 Å². The van der Waals surface area contributed by atoms with E-state index in [0.29, 0.717) is 24.4 Å². The first-order valence-corrected chi connectivity index (χ1v) is 9.75. The first-order chi connectivity index (χ1) is 12.6. The van der Waals surface area contributed by atoms with Gasteiger partial charge in [-0.25, -0.2) is 4.39 Å². The minimum Gasteiger partial charge on any atom is -0.396 e. The van der Waals surface area contributed by atoms with Crippen LogP contribution in [0.5, 0.6) is 0 Å². The van der Waals surface area contributed by atoms with Crippen LogP contribution in [0.2, 0.25) is 0 Å². The number of rotatable bonds is 7. The lowest BCUT2D eigenvalue weighted by Gasteiger charge is -2.38. The van der Waals surface area contributed by atoms with Gasteiger partial charge in [0.2, 0.25) is 0 Å². The van der Waals surface area contributed by atoms with E-state index in [4.69, 9.17) is 5.11 Å². The number of likely N-dealkylation sites (tertiary alicyclic amines) is 1. The molecule has 2 aliphatic rings. The van der Waals surface area contributed by atoms with Crippen molar-refractivity contribution >= 4 is 5.69 Å². The van der Waals surface area contributed by atoms with Gasteiger partial charge in [0.1, 0.15) is 5.82 Å². The molecule has 2 heterocycles. The van der Waals surface area contributed by atoms with E-state index >= 15 is 0 Å². The lowest BCUT2D eigenvalue weighted by atomic mass is 9.96. The van der Waals surface area contributed by atoms with Crippen molar-refractivity contribution in [1.29, 1.82) is 0 Å². The minimum absolute atomic E-state index is 0.179. The highest BCUT2D eigenvalue weighted by atomic mass is 19.1. The number of anilines is 1. The SMILES string of the molecule is CN(CCO)C[C@@H]1CN(C2CCN(c3ccc(F)cc3)CC2)C[C@@H]1CO. The van der Waals surface area contributed by atoms with E-state index in [-0.39, 0.29) is 19.0 Å². The molecule has 0 bridgehead atoms. The molecule has 0 unspecified atom stereocenters. The molecule has 0 aromatic heterocycles. The van der Waals surface area contributed by atoms with Crippen molar-refractivity contribution in [3.8, 4) is 0 Å². The Hall–Kier alpha value is -1.21. The van der Waals surface area contributed by atoms with Crippen LogP contribution in [0.25, 0.3) is 0 Å². The topological polar surface area (TPSA) is 50.2 Å². The van der Waals surface area contributed by atoms with Gasteiger partial charge >= 0.3 is 0 Å². The molecule has 3 rings (SSSR count). The Kier molecular flexibility index (Phi) is 6.86. The van der Waals surface area contributed by atoms with Crippen molar-refractivity contribution < 1.29 is 14.6 Å². The number of benzene rings is 1. The molecule has 2 fully saturated rings. The summed E-state index contributed by atoms with van der Waals surface area (Å²) in [5.74, 6) is 0.603. The van der Waals surface area contributed by atoms with Gasteiger partial charge in [0.25, 0.3) is 0 Å². The number of likely N-dealkylation sites (N-methyl/N-ethyl adjacent to an activating group) is 1. The molecule has 0 radical (unpaired) electrons. The average molecular weight is 365 g/mol. The van der Waals surface area contributed by atoms with Crippen LogP contribution < -0.4 is 4.90 Å². The molecule has 1 aromatic rings. The summed E-state index contributed by atoms with van der Waals surface area (Å²) in [6.07, 6.45) is 2.21. The lowest BCUT2D eigenvalue weighted by Crippen LogP contribution is -2.44. The van der Waals surface area contributed by atoms with Crippen molar-refractivity contribution in [2.24, 2.45) is 11.8 Å². The van der Waals surface area contributed by atoms with Crippen molar-refractivity contribution in [2.45, 2.75) is 18.9 Å². The zero-order valence-corrected chi connectivity index (χ0v) is 15.7. The normalized spacial score (nSPS) is 25.3. The van der Waals surface area contributed by atoms with Crippen molar-refractivity contribution in [1.82, 2.24) is 9.80 Å². The van der Waals surface area contributed by atoms with E-state index in [1.807, 2.05) is 19.2 Å². The summed E-state index contributed by atoms with van der Waals surface area (Å²) in [7, 11) is 2.04. The second-order valence-electron chi connectivity index (χ2n) is 7.84. The van der Waals surface area contributed by atoms with Gasteiger partial charge in [0.05, 0.1) is 6.61 Å². The van der Waals surface area contributed by atoms with Crippen molar-refractivity contribution in [3.05, 3.63) is 30.1 Å². The molecule has 2 N–H and O–H groups in total. The third-order valence-corrected chi connectivity index (χ3v) is 6.04. The van der Waals surface area contributed by atoms with Crippen LogP contribution >= 0.6 is 0 Å². The number of nitrogens with zero attached hydrogens (tertiary/aromatic N) is 3. The molecule has 1 aromatic carbocycles. The number of aliphatic hydroxyl groups excluding tert-OH is 2. The third kappa shape index (κ3) is 4.74. The van der Waals surface area contributed by atoms with Crippen LogP contribution in [0, 0.1) is 17.7 Å². The standard InChI is InChI=1S/C20H32FN3O2/c1-22(10-11-25)12-16-13-24(14-17(16)15-26)20-6-8-23(9-7-20)19-4-2-18(21)3-5-19/h2-5,16-17,20,25-26H,6-15H2,1H3/t16-,17-/m1/s1. The maximum absolute atomic E-state index is 13.1. The van der Waals surface area contributed by atoms with Gasteiger partial charge in [-0.1, -0.05) is 0 Å². The molecular formula is C20H32FN3O2. The largest absolute Gasteiger partial charge is 0.396 e. The predicted molar refractivity (Wildman–Crippen MR) is 102 cm³/mol. The average Bonchev–Trinajstić information content (AvgIpc) is 3.05. The smallest absolute Gasteiger partial charge is 0.123 e. The Morgan fingerprint density at radius 1 is 1.08 bits per heavy atom. The molecular weight excluding hydrogens is 333 g/mol. The summed E-state index contributed by atoms with van der Waals surface area (Å²) in [5, 5.41) is 18.9. The number of hydrogen-bond donors (Lipinski definition) is 2.